The first-order valence-corrected chi connectivity index (χ1v) is 4.61. The summed E-state index contributed by atoms with van der Waals surface area (Å²) in [5.74, 6) is -1.21. The monoisotopic (exact) mass is 274 g/mol. The second kappa shape index (κ2) is 3.90. The number of hydrogen-bond donors (Lipinski definition) is 0. The third-order valence-electron chi connectivity index (χ3n) is 1.27. The smallest absolute Gasteiger partial charge is 0.137 e. The van der Waals surface area contributed by atoms with E-state index in [0.717, 1.165) is 12.1 Å². The molecule has 1 aromatic carbocycles. The summed E-state index contributed by atoms with van der Waals surface area (Å²) >= 11 is 13.6. The van der Waals surface area contributed by atoms with Crippen molar-refractivity contribution in [1.29, 1.82) is 0 Å². The first-order valence-electron chi connectivity index (χ1n) is 2.95. The molecular formula is C7H3BrCl2F2. The molecule has 0 heterocycles. The van der Waals surface area contributed by atoms with E-state index in [1.165, 1.54) is 0 Å². The van der Waals surface area contributed by atoms with Gasteiger partial charge in [0.15, 0.2) is 0 Å². The molecule has 0 saturated carbocycles. The van der Waals surface area contributed by atoms with Crippen molar-refractivity contribution in [3.8, 4) is 0 Å². The zero-order valence-electron chi connectivity index (χ0n) is 5.62. The van der Waals surface area contributed by atoms with Gasteiger partial charge >= 0.3 is 0 Å². The van der Waals surface area contributed by atoms with Gasteiger partial charge in [-0.25, -0.2) is 8.78 Å². The molecule has 0 radical (unpaired) electrons. The minimum Gasteiger partial charge on any atom is -0.207 e. The van der Waals surface area contributed by atoms with Crippen LogP contribution in [0.1, 0.15) is 10.4 Å². The lowest BCUT2D eigenvalue weighted by Gasteiger charge is -2.04. The van der Waals surface area contributed by atoms with E-state index in [9.17, 15) is 8.78 Å². The maximum atomic E-state index is 12.9. The molecule has 0 N–H and O–H groups in total. The van der Waals surface area contributed by atoms with Crippen molar-refractivity contribution in [1.82, 2.24) is 0 Å². The van der Waals surface area contributed by atoms with Gasteiger partial charge in [0.05, 0.1) is 4.47 Å². The lowest BCUT2D eigenvalue weighted by atomic mass is 10.2. The third-order valence-corrected chi connectivity index (χ3v) is 2.35. The van der Waals surface area contributed by atoms with Crippen LogP contribution < -0.4 is 0 Å². The highest BCUT2D eigenvalue weighted by Crippen LogP contribution is 2.30. The summed E-state index contributed by atoms with van der Waals surface area (Å²) < 4.78 is 25.8. The lowest BCUT2D eigenvalue weighted by molar-refractivity contribution is 0.585. The van der Waals surface area contributed by atoms with Crippen molar-refractivity contribution in [3.05, 3.63) is 33.8 Å². The fourth-order valence-corrected chi connectivity index (χ4v) is 1.36. The number of halogens is 5. The van der Waals surface area contributed by atoms with E-state index >= 15 is 0 Å². The molecule has 0 aliphatic rings. The largest absolute Gasteiger partial charge is 0.207 e. The Balaban J connectivity index is 3.23. The van der Waals surface area contributed by atoms with E-state index in [2.05, 4.69) is 15.9 Å². The van der Waals surface area contributed by atoms with Crippen LogP contribution in [0.5, 0.6) is 0 Å². The van der Waals surface area contributed by atoms with Crippen LogP contribution in [0.3, 0.4) is 0 Å². The van der Waals surface area contributed by atoms with Gasteiger partial charge in [-0.05, 0) is 28.1 Å². The standard InChI is InChI=1S/C7H3BrCl2F2/c8-4-2-5(11)3(7(9)10)1-6(4)12/h1-2,7H. The summed E-state index contributed by atoms with van der Waals surface area (Å²) in [4.78, 5) is -1.05. The van der Waals surface area contributed by atoms with Gasteiger partial charge in [-0.1, -0.05) is 23.2 Å². The lowest BCUT2D eigenvalue weighted by Crippen LogP contribution is -1.91. The fourth-order valence-electron chi connectivity index (χ4n) is 0.705. The maximum absolute atomic E-state index is 12.9. The molecule has 1 aromatic rings. The molecule has 0 fully saturated rings. The van der Waals surface area contributed by atoms with E-state index in [1.807, 2.05) is 0 Å². The van der Waals surface area contributed by atoms with Crippen molar-refractivity contribution in [2.75, 3.05) is 0 Å². The van der Waals surface area contributed by atoms with Gasteiger partial charge in [-0.15, -0.1) is 0 Å². The molecular weight excluding hydrogens is 273 g/mol. The van der Waals surface area contributed by atoms with Crippen LogP contribution in [0.2, 0.25) is 0 Å². The molecule has 0 atom stereocenters. The van der Waals surface area contributed by atoms with Crippen LogP contribution in [-0.2, 0) is 0 Å². The van der Waals surface area contributed by atoms with Gasteiger partial charge in [-0.2, -0.15) is 0 Å². The van der Waals surface area contributed by atoms with Crippen LogP contribution in [0, 0.1) is 11.6 Å². The van der Waals surface area contributed by atoms with Crippen molar-refractivity contribution >= 4 is 39.1 Å². The third kappa shape index (κ3) is 2.09. The van der Waals surface area contributed by atoms with E-state index in [1.54, 1.807) is 0 Å². The molecule has 0 spiro atoms. The highest BCUT2D eigenvalue weighted by Gasteiger charge is 2.13. The summed E-state index contributed by atoms with van der Waals surface area (Å²) in [7, 11) is 0. The van der Waals surface area contributed by atoms with Crippen LogP contribution >= 0.6 is 39.1 Å². The Morgan fingerprint density at radius 1 is 1.17 bits per heavy atom. The van der Waals surface area contributed by atoms with Crippen molar-refractivity contribution in [2.24, 2.45) is 0 Å². The van der Waals surface area contributed by atoms with E-state index < -0.39 is 16.5 Å². The quantitative estimate of drug-likeness (QED) is 0.532. The van der Waals surface area contributed by atoms with Gasteiger partial charge in [-0.3, -0.25) is 0 Å². The summed E-state index contributed by atoms with van der Waals surface area (Å²) in [5, 5.41) is 0. The minimum absolute atomic E-state index is 0.0535. The van der Waals surface area contributed by atoms with Crippen LogP contribution in [0.4, 0.5) is 8.78 Å². The molecule has 12 heavy (non-hydrogen) atoms. The molecule has 5 heteroatoms. The topological polar surface area (TPSA) is 0 Å². The summed E-state index contributed by atoms with van der Waals surface area (Å²) in [6, 6.07) is 1.95. The average molecular weight is 276 g/mol. The Morgan fingerprint density at radius 3 is 2.25 bits per heavy atom. The first-order chi connectivity index (χ1) is 5.52. The molecule has 0 amide bonds. The zero-order chi connectivity index (χ0) is 9.30. The van der Waals surface area contributed by atoms with Gasteiger partial charge in [0.2, 0.25) is 0 Å². The number of rotatable bonds is 1. The minimum atomic E-state index is -1.05. The molecule has 0 aromatic heterocycles. The van der Waals surface area contributed by atoms with Gasteiger partial charge < -0.3 is 0 Å². The molecule has 0 aliphatic carbocycles. The number of benzene rings is 1. The van der Waals surface area contributed by atoms with Crippen molar-refractivity contribution in [3.63, 3.8) is 0 Å². The van der Waals surface area contributed by atoms with Crippen LogP contribution in [0.25, 0.3) is 0 Å². The van der Waals surface area contributed by atoms with Gasteiger partial charge in [0, 0.05) is 5.56 Å². The highest BCUT2D eigenvalue weighted by atomic mass is 79.9. The zero-order valence-corrected chi connectivity index (χ0v) is 8.72. The molecule has 0 bridgehead atoms. The van der Waals surface area contributed by atoms with E-state index in [-0.39, 0.29) is 10.0 Å². The van der Waals surface area contributed by atoms with Gasteiger partial charge in [0.1, 0.15) is 16.5 Å². The maximum Gasteiger partial charge on any atom is 0.137 e. The second-order valence-electron chi connectivity index (χ2n) is 2.09. The Labute approximate surface area is 86.6 Å². The van der Waals surface area contributed by atoms with Crippen molar-refractivity contribution in [2.45, 2.75) is 4.84 Å². The molecule has 1 rings (SSSR count). The molecule has 0 aliphatic heterocycles. The Bertz CT molecular complexity index is 302. The average Bonchev–Trinajstić information content (AvgIpc) is 1.96. The second-order valence-corrected chi connectivity index (χ2v) is 4.04. The SMILES string of the molecule is Fc1cc(C(Cl)Cl)c(F)cc1Br. The predicted molar refractivity (Wildman–Crippen MR) is 48.5 cm³/mol. The Morgan fingerprint density at radius 2 is 1.75 bits per heavy atom. The number of hydrogen-bond acceptors (Lipinski definition) is 0. The summed E-state index contributed by atoms with van der Waals surface area (Å²) in [6.45, 7) is 0. The molecule has 0 saturated heterocycles. The number of alkyl halides is 2. The summed E-state index contributed by atoms with van der Waals surface area (Å²) in [6.07, 6.45) is 0. The highest BCUT2D eigenvalue weighted by molar-refractivity contribution is 9.10. The normalized spacial score (nSPS) is 10.8. The molecule has 0 unspecified atom stereocenters. The first kappa shape index (κ1) is 10.2. The molecule has 0 nitrogen and oxygen atoms in total. The van der Waals surface area contributed by atoms with E-state index in [0.29, 0.717) is 0 Å². The van der Waals surface area contributed by atoms with Crippen LogP contribution in [-0.4, -0.2) is 0 Å². The predicted octanol–water partition coefficient (Wildman–Crippen LogP) is 4.20. The molecule has 66 valence electrons. The van der Waals surface area contributed by atoms with Crippen LogP contribution in [0.15, 0.2) is 16.6 Å². The fraction of sp³-hybridized carbons (Fsp3) is 0.143. The summed E-state index contributed by atoms with van der Waals surface area (Å²) in [5.41, 5.74) is -0.0565. The van der Waals surface area contributed by atoms with Crippen molar-refractivity contribution < 1.29 is 8.78 Å². The Hall–Kier alpha value is 0.140. The Kier molecular flexibility index (Phi) is 3.32. The van der Waals surface area contributed by atoms with E-state index in [4.69, 9.17) is 23.2 Å². The van der Waals surface area contributed by atoms with Gasteiger partial charge in [0.25, 0.3) is 0 Å².